The van der Waals surface area contributed by atoms with Crippen molar-refractivity contribution in [2.75, 3.05) is 5.73 Å². The number of nitrogens with zero attached hydrogens (tertiary/aromatic N) is 1. The Morgan fingerprint density at radius 1 is 1.64 bits per heavy atom. The Kier molecular flexibility index (Phi) is 3.02. The third kappa shape index (κ3) is 2.75. The highest BCUT2D eigenvalue weighted by molar-refractivity contribution is 5.70. The first-order valence-electron chi connectivity index (χ1n) is 3.72. The van der Waals surface area contributed by atoms with E-state index in [-0.39, 0.29) is 17.8 Å². The van der Waals surface area contributed by atoms with Gasteiger partial charge in [-0.2, -0.15) is 4.39 Å². The molecule has 0 aliphatic carbocycles. The third-order valence-corrected chi connectivity index (χ3v) is 1.34. The summed E-state index contributed by atoms with van der Waals surface area (Å²) in [4.78, 5) is 13.5. The van der Waals surface area contributed by atoms with Gasteiger partial charge in [0.25, 0.3) is 0 Å². The van der Waals surface area contributed by atoms with Crippen molar-refractivity contribution >= 4 is 11.7 Å². The fourth-order valence-corrected chi connectivity index (χ4v) is 0.750. The molecule has 5 heteroatoms. The van der Waals surface area contributed by atoms with E-state index in [1.165, 1.54) is 6.07 Å². The zero-order chi connectivity index (χ0) is 10.6. The second-order valence-electron chi connectivity index (χ2n) is 2.44. The van der Waals surface area contributed by atoms with Crippen LogP contribution in [0.5, 0.6) is 0 Å². The van der Waals surface area contributed by atoms with E-state index in [1.807, 2.05) is 0 Å². The van der Waals surface area contributed by atoms with Crippen molar-refractivity contribution in [3.05, 3.63) is 23.8 Å². The standard InChI is InChI=1S/C9H7FN2O2/c10-8-5-4-6(11)7(12-8)2-1-3-9(13)14/h4-5H,3,11H2,(H,13,14). The van der Waals surface area contributed by atoms with E-state index in [4.69, 9.17) is 10.8 Å². The van der Waals surface area contributed by atoms with Gasteiger partial charge in [0.1, 0.15) is 12.1 Å². The Hall–Kier alpha value is -2.09. The number of aromatic nitrogens is 1. The average molecular weight is 194 g/mol. The summed E-state index contributed by atoms with van der Waals surface area (Å²) >= 11 is 0. The second-order valence-corrected chi connectivity index (χ2v) is 2.44. The van der Waals surface area contributed by atoms with Crippen molar-refractivity contribution in [3.8, 4) is 11.8 Å². The Labute approximate surface area is 79.6 Å². The molecule has 1 aromatic rings. The Morgan fingerprint density at radius 3 is 3.00 bits per heavy atom. The molecule has 0 unspecified atom stereocenters. The van der Waals surface area contributed by atoms with Gasteiger partial charge < -0.3 is 10.8 Å². The summed E-state index contributed by atoms with van der Waals surface area (Å²) in [6, 6.07) is 2.44. The molecule has 0 amide bonds. The molecule has 3 N–H and O–H groups in total. The lowest BCUT2D eigenvalue weighted by Gasteiger charge is -1.95. The monoisotopic (exact) mass is 194 g/mol. The highest BCUT2D eigenvalue weighted by atomic mass is 19.1. The van der Waals surface area contributed by atoms with Crippen LogP contribution in [-0.2, 0) is 4.79 Å². The van der Waals surface area contributed by atoms with Crippen LogP contribution in [0.2, 0.25) is 0 Å². The summed E-state index contributed by atoms with van der Waals surface area (Å²) < 4.78 is 12.6. The Bertz CT molecular complexity index is 421. The average Bonchev–Trinajstić information content (AvgIpc) is 2.10. The topological polar surface area (TPSA) is 76.2 Å². The van der Waals surface area contributed by atoms with E-state index < -0.39 is 11.9 Å². The van der Waals surface area contributed by atoms with Gasteiger partial charge in [-0.25, -0.2) is 4.98 Å². The minimum Gasteiger partial charge on any atom is -0.481 e. The molecule has 0 bridgehead atoms. The number of carboxylic acid groups (broad SMARTS) is 1. The number of pyridine rings is 1. The first-order chi connectivity index (χ1) is 6.59. The van der Waals surface area contributed by atoms with Crippen LogP contribution in [0.15, 0.2) is 12.1 Å². The zero-order valence-electron chi connectivity index (χ0n) is 7.12. The van der Waals surface area contributed by atoms with Gasteiger partial charge in [-0.3, -0.25) is 4.79 Å². The fraction of sp³-hybridized carbons (Fsp3) is 0.111. The Morgan fingerprint density at radius 2 is 2.36 bits per heavy atom. The van der Waals surface area contributed by atoms with Crippen LogP contribution in [0.3, 0.4) is 0 Å². The Balaban J connectivity index is 2.88. The van der Waals surface area contributed by atoms with Crippen molar-refractivity contribution in [2.45, 2.75) is 6.42 Å². The number of anilines is 1. The van der Waals surface area contributed by atoms with Crippen LogP contribution in [-0.4, -0.2) is 16.1 Å². The first-order valence-corrected chi connectivity index (χ1v) is 3.72. The lowest BCUT2D eigenvalue weighted by molar-refractivity contribution is -0.135. The zero-order valence-corrected chi connectivity index (χ0v) is 7.12. The smallest absolute Gasteiger partial charge is 0.315 e. The SMILES string of the molecule is Nc1ccc(F)nc1C#CCC(=O)O. The normalized spacial score (nSPS) is 8.93. The van der Waals surface area contributed by atoms with Crippen molar-refractivity contribution < 1.29 is 14.3 Å². The number of hydrogen-bond acceptors (Lipinski definition) is 3. The number of nitrogens with two attached hydrogens (primary N) is 1. The van der Waals surface area contributed by atoms with Crippen LogP contribution in [0.25, 0.3) is 0 Å². The lowest BCUT2D eigenvalue weighted by atomic mass is 10.3. The molecule has 72 valence electrons. The number of rotatable bonds is 1. The van der Waals surface area contributed by atoms with Gasteiger partial charge in [-0.15, -0.1) is 0 Å². The minimum atomic E-state index is -1.05. The summed E-state index contributed by atoms with van der Waals surface area (Å²) in [7, 11) is 0. The molecular weight excluding hydrogens is 187 g/mol. The summed E-state index contributed by atoms with van der Waals surface area (Å²) in [5.74, 6) is 2.94. The quantitative estimate of drug-likeness (QED) is 0.507. The summed E-state index contributed by atoms with van der Waals surface area (Å²) in [6.45, 7) is 0. The maximum absolute atomic E-state index is 12.6. The lowest BCUT2D eigenvalue weighted by Crippen LogP contribution is -1.96. The van der Waals surface area contributed by atoms with Crippen molar-refractivity contribution in [3.63, 3.8) is 0 Å². The molecule has 1 heterocycles. The number of aliphatic carboxylic acids is 1. The molecule has 0 fully saturated rings. The molecule has 0 radical (unpaired) electrons. The molecule has 0 aliphatic rings. The van der Waals surface area contributed by atoms with Crippen molar-refractivity contribution in [2.24, 2.45) is 0 Å². The molecule has 0 saturated carbocycles. The number of nitrogen functional groups attached to an aromatic ring is 1. The molecule has 0 atom stereocenters. The van der Waals surface area contributed by atoms with Gasteiger partial charge in [0.2, 0.25) is 5.95 Å². The van der Waals surface area contributed by atoms with Crippen LogP contribution < -0.4 is 5.73 Å². The second kappa shape index (κ2) is 4.23. The minimum absolute atomic E-state index is 0.0613. The van der Waals surface area contributed by atoms with Gasteiger partial charge in [0.05, 0.1) is 5.69 Å². The maximum Gasteiger partial charge on any atom is 0.315 e. The van der Waals surface area contributed by atoms with E-state index in [2.05, 4.69) is 16.8 Å². The number of halogens is 1. The number of hydrogen-bond donors (Lipinski definition) is 2. The predicted molar refractivity (Wildman–Crippen MR) is 47.7 cm³/mol. The van der Waals surface area contributed by atoms with Crippen LogP contribution in [0.4, 0.5) is 10.1 Å². The molecule has 1 rings (SSSR count). The summed E-state index contributed by atoms with van der Waals surface area (Å²) in [5, 5.41) is 8.29. The van der Waals surface area contributed by atoms with Gasteiger partial charge in [-0.1, -0.05) is 5.92 Å². The molecule has 14 heavy (non-hydrogen) atoms. The summed E-state index contributed by atoms with van der Waals surface area (Å²) in [6.07, 6.45) is -0.322. The summed E-state index contributed by atoms with van der Waals surface area (Å²) in [5.41, 5.74) is 5.71. The number of carbonyl (C=O) groups is 1. The van der Waals surface area contributed by atoms with Crippen LogP contribution in [0.1, 0.15) is 12.1 Å². The van der Waals surface area contributed by atoms with Gasteiger partial charge >= 0.3 is 5.97 Å². The highest BCUT2D eigenvalue weighted by Crippen LogP contribution is 2.07. The van der Waals surface area contributed by atoms with E-state index in [0.29, 0.717) is 0 Å². The van der Waals surface area contributed by atoms with E-state index in [1.54, 1.807) is 0 Å². The maximum atomic E-state index is 12.6. The molecule has 0 saturated heterocycles. The van der Waals surface area contributed by atoms with E-state index in [9.17, 15) is 9.18 Å². The van der Waals surface area contributed by atoms with Crippen LogP contribution in [0, 0.1) is 17.8 Å². The largest absolute Gasteiger partial charge is 0.481 e. The van der Waals surface area contributed by atoms with E-state index in [0.717, 1.165) is 6.07 Å². The van der Waals surface area contributed by atoms with E-state index >= 15 is 0 Å². The van der Waals surface area contributed by atoms with Crippen molar-refractivity contribution in [1.29, 1.82) is 0 Å². The van der Waals surface area contributed by atoms with Crippen LogP contribution >= 0.6 is 0 Å². The molecular formula is C9H7FN2O2. The first kappa shape index (κ1) is 9.99. The fourth-order valence-electron chi connectivity index (χ4n) is 0.750. The van der Waals surface area contributed by atoms with Gasteiger partial charge in [0, 0.05) is 0 Å². The molecule has 1 aromatic heterocycles. The molecule has 4 nitrogen and oxygen atoms in total. The number of carboxylic acids is 1. The van der Waals surface area contributed by atoms with Crippen molar-refractivity contribution in [1.82, 2.24) is 4.98 Å². The third-order valence-electron chi connectivity index (χ3n) is 1.34. The molecule has 0 aliphatic heterocycles. The highest BCUT2D eigenvalue weighted by Gasteiger charge is 1.99. The van der Waals surface area contributed by atoms with Gasteiger partial charge in [0.15, 0.2) is 0 Å². The predicted octanol–water partition coefficient (Wildman–Crippen LogP) is 0.629. The molecule has 0 spiro atoms. The molecule has 0 aromatic carbocycles. The van der Waals surface area contributed by atoms with Gasteiger partial charge in [-0.05, 0) is 18.1 Å².